The molecule has 2 heterocycles. The van der Waals surface area contributed by atoms with Crippen molar-refractivity contribution in [2.24, 2.45) is 5.41 Å². The number of aliphatic hydroxyl groups is 1. The predicted octanol–water partition coefficient (Wildman–Crippen LogP) is 0.154. The second kappa shape index (κ2) is 4.37. The molecule has 88 valence electrons. The van der Waals surface area contributed by atoms with Crippen LogP contribution in [0.15, 0.2) is 0 Å². The molecule has 15 heavy (non-hydrogen) atoms. The summed E-state index contributed by atoms with van der Waals surface area (Å²) in [4.78, 5) is 0. The Morgan fingerprint density at radius 3 is 2.33 bits per heavy atom. The maximum absolute atomic E-state index is 9.48. The van der Waals surface area contributed by atoms with E-state index >= 15 is 0 Å². The highest BCUT2D eigenvalue weighted by Crippen LogP contribution is 2.28. The molecule has 0 bridgehead atoms. The topological polar surface area (TPSA) is 50.7 Å². The minimum Gasteiger partial charge on any atom is -0.394 e. The second-order valence-corrected chi connectivity index (χ2v) is 5.21. The summed E-state index contributed by atoms with van der Waals surface area (Å²) < 4.78 is 10.5. The highest BCUT2D eigenvalue weighted by atomic mass is 16.5. The average Bonchev–Trinajstić information content (AvgIpc) is 2.25. The standard InChI is InChI=1S/C11H21NO3/c1-10(8-15-9-10)6-12-11(7-13)2-4-14-5-3-11/h12-13H,2-9H2,1H3. The van der Waals surface area contributed by atoms with E-state index in [0.717, 1.165) is 45.8 Å². The fourth-order valence-electron chi connectivity index (χ4n) is 2.11. The lowest BCUT2D eigenvalue weighted by molar-refractivity contribution is -0.106. The first-order valence-corrected chi connectivity index (χ1v) is 5.70. The molecule has 4 heteroatoms. The van der Waals surface area contributed by atoms with Crippen LogP contribution in [-0.2, 0) is 9.47 Å². The lowest BCUT2D eigenvalue weighted by Gasteiger charge is -2.43. The van der Waals surface area contributed by atoms with Gasteiger partial charge in [-0.05, 0) is 12.8 Å². The molecule has 0 spiro atoms. The largest absolute Gasteiger partial charge is 0.394 e. The van der Waals surface area contributed by atoms with Crippen molar-refractivity contribution in [1.82, 2.24) is 5.32 Å². The lowest BCUT2D eigenvalue weighted by atomic mass is 9.85. The van der Waals surface area contributed by atoms with E-state index in [0.29, 0.717) is 0 Å². The van der Waals surface area contributed by atoms with Crippen LogP contribution in [0.4, 0.5) is 0 Å². The fraction of sp³-hybridized carbons (Fsp3) is 1.00. The summed E-state index contributed by atoms with van der Waals surface area (Å²) in [6, 6.07) is 0. The first-order chi connectivity index (χ1) is 7.18. The van der Waals surface area contributed by atoms with Crippen LogP contribution in [-0.4, -0.2) is 50.2 Å². The minimum atomic E-state index is -0.114. The average molecular weight is 215 g/mol. The monoisotopic (exact) mass is 215 g/mol. The Kier molecular flexibility index (Phi) is 3.30. The van der Waals surface area contributed by atoms with Gasteiger partial charge in [-0.1, -0.05) is 6.92 Å². The van der Waals surface area contributed by atoms with E-state index in [9.17, 15) is 5.11 Å². The molecule has 0 aromatic heterocycles. The third-order valence-corrected chi connectivity index (χ3v) is 3.54. The molecular formula is C11H21NO3. The van der Waals surface area contributed by atoms with E-state index in [2.05, 4.69) is 12.2 Å². The maximum Gasteiger partial charge on any atom is 0.0615 e. The second-order valence-electron chi connectivity index (χ2n) is 5.21. The molecule has 2 N–H and O–H groups in total. The van der Waals surface area contributed by atoms with Crippen molar-refractivity contribution in [3.63, 3.8) is 0 Å². The van der Waals surface area contributed by atoms with Crippen LogP contribution in [0.25, 0.3) is 0 Å². The summed E-state index contributed by atoms with van der Waals surface area (Å²) in [6.45, 7) is 6.51. The predicted molar refractivity (Wildman–Crippen MR) is 56.8 cm³/mol. The smallest absolute Gasteiger partial charge is 0.0615 e. The fourth-order valence-corrected chi connectivity index (χ4v) is 2.11. The summed E-state index contributed by atoms with van der Waals surface area (Å²) in [5.41, 5.74) is 0.150. The molecule has 0 unspecified atom stereocenters. The van der Waals surface area contributed by atoms with Gasteiger partial charge in [-0.15, -0.1) is 0 Å². The molecule has 0 saturated carbocycles. The van der Waals surface area contributed by atoms with Gasteiger partial charge in [-0.25, -0.2) is 0 Å². The molecule has 0 radical (unpaired) electrons. The Hall–Kier alpha value is -0.160. The Labute approximate surface area is 90.9 Å². The van der Waals surface area contributed by atoms with Gasteiger partial charge in [-0.2, -0.15) is 0 Å². The van der Waals surface area contributed by atoms with E-state index in [1.807, 2.05) is 0 Å². The van der Waals surface area contributed by atoms with E-state index in [-0.39, 0.29) is 17.6 Å². The van der Waals surface area contributed by atoms with Crippen molar-refractivity contribution in [3.8, 4) is 0 Å². The number of hydrogen-bond donors (Lipinski definition) is 2. The summed E-state index contributed by atoms with van der Waals surface area (Å²) in [6.07, 6.45) is 1.81. The van der Waals surface area contributed by atoms with Crippen LogP contribution in [0.2, 0.25) is 0 Å². The van der Waals surface area contributed by atoms with Crippen LogP contribution < -0.4 is 5.32 Å². The van der Waals surface area contributed by atoms with Crippen LogP contribution in [0, 0.1) is 5.41 Å². The van der Waals surface area contributed by atoms with Crippen molar-refractivity contribution >= 4 is 0 Å². The third kappa shape index (κ3) is 2.50. The van der Waals surface area contributed by atoms with Gasteiger partial charge in [0.25, 0.3) is 0 Å². The van der Waals surface area contributed by atoms with Gasteiger partial charge in [0.2, 0.25) is 0 Å². The van der Waals surface area contributed by atoms with Crippen LogP contribution >= 0.6 is 0 Å². The van der Waals surface area contributed by atoms with Gasteiger partial charge >= 0.3 is 0 Å². The van der Waals surface area contributed by atoms with Gasteiger partial charge < -0.3 is 19.9 Å². The highest BCUT2D eigenvalue weighted by Gasteiger charge is 2.38. The first-order valence-electron chi connectivity index (χ1n) is 5.70. The molecule has 2 aliphatic rings. The summed E-state index contributed by atoms with van der Waals surface area (Å²) in [7, 11) is 0. The van der Waals surface area contributed by atoms with Crippen molar-refractivity contribution in [2.45, 2.75) is 25.3 Å². The molecule has 0 aromatic rings. The molecule has 0 aliphatic carbocycles. The minimum absolute atomic E-state index is 0.114. The number of aliphatic hydroxyl groups excluding tert-OH is 1. The molecule has 2 rings (SSSR count). The Morgan fingerprint density at radius 2 is 1.87 bits per heavy atom. The third-order valence-electron chi connectivity index (χ3n) is 3.54. The normalized spacial score (nSPS) is 28.4. The number of rotatable bonds is 4. The Morgan fingerprint density at radius 1 is 1.20 bits per heavy atom. The summed E-state index contributed by atoms with van der Waals surface area (Å²) >= 11 is 0. The lowest BCUT2D eigenvalue weighted by Crippen LogP contribution is -2.58. The molecule has 2 fully saturated rings. The maximum atomic E-state index is 9.48. The quantitative estimate of drug-likeness (QED) is 0.701. The van der Waals surface area contributed by atoms with E-state index in [1.54, 1.807) is 0 Å². The van der Waals surface area contributed by atoms with Crippen molar-refractivity contribution in [3.05, 3.63) is 0 Å². The van der Waals surface area contributed by atoms with Crippen LogP contribution in [0.1, 0.15) is 19.8 Å². The van der Waals surface area contributed by atoms with Gasteiger partial charge in [0, 0.05) is 30.7 Å². The van der Waals surface area contributed by atoms with Gasteiger partial charge in [0.15, 0.2) is 0 Å². The SMILES string of the molecule is CC1(CNC2(CO)CCOCC2)COC1. The number of nitrogens with one attached hydrogen (secondary N) is 1. The molecule has 4 nitrogen and oxygen atoms in total. The van der Waals surface area contributed by atoms with E-state index < -0.39 is 0 Å². The molecule has 2 aliphatic heterocycles. The zero-order chi connectivity index (χ0) is 10.8. The van der Waals surface area contributed by atoms with Crippen molar-refractivity contribution < 1.29 is 14.6 Å². The zero-order valence-corrected chi connectivity index (χ0v) is 9.42. The summed E-state index contributed by atoms with van der Waals surface area (Å²) in [5, 5.41) is 13.0. The molecule has 0 amide bonds. The number of ether oxygens (including phenoxy) is 2. The van der Waals surface area contributed by atoms with Gasteiger partial charge in [0.1, 0.15) is 0 Å². The molecule has 0 atom stereocenters. The zero-order valence-electron chi connectivity index (χ0n) is 9.42. The van der Waals surface area contributed by atoms with Gasteiger partial charge in [0.05, 0.1) is 19.8 Å². The van der Waals surface area contributed by atoms with Crippen LogP contribution in [0.5, 0.6) is 0 Å². The van der Waals surface area contributed by atoms with E-state index in [1.165, 1.54) is 0 Å². The molecule has 2 saturated heterocycles. The van der Waals surface area contributed by atoms with Gasteiger partial charge in [-0.3, -0.25) is 0 Å². The molecule has 0 aromatic carbocycles. The first kappa shape index (κ1) is 11.3. The molecular weight excluding hydrogens is 194 g/mol. The van der Waals surface area contributed by atoms with Crippen LogP contribution in [0.3, 0.4) is 0 Å². The summed E-state index contributed by atoms with van der Waals surface area (Å²) in [5.74, 6) is 0. The van der Waals surface area contributed by atoms with E-state index in [4.69, 9.17) is 9.47 Å². The van der Waals surface area contributed by atoms with Crippen molar-refractivity contribution in [1.29, 1.82) is 0 Å². The highest BCUT2D eigenvalue weighted by molar-refractivity contribution is 4.93. The Balaban J connectivity index is 1.84. The van der Waals surface area contributed by atoms with Crippen molar-refractivity contribution in [2.75, 3.05) is 39.6 Å². The number of hydrogen-bond acceptors (Lipinski definition) is 4. The Bertz CT molecular complexity index is 210.